The van der Waals surface area contributed by atoms with Gasteiger partial charge in [0.1, 0.15) is 10.6 Å². The number of nitrogens with one attached hydrogen (secondary N) is 1. The molecule has 0 saturated carbocycles. The lowest BCUT2D eigenvalue weighted by atomic mass is 10.1. The number of hydrogen-bond donors (Lipinski definition) is 1. The van der Waals surface area contributed by atoms with Crippen LogP contribution in [0.5, 0.6) is 5.75 Å². The first kappa shape index (κ1) is 20.5. The summed E-state index contributed by atoms with van der Waals surface area (Å²) in [6.45, 7) is 0.00658. The highest BCUT2D eigenvalue weighted by molar-refractivity contribution is 7.89. The van der Waals surface area contributed by atoms with Gasteiger partial charge in [0, 0.05) is 37.7 Å². The number of carbonyl (C=O) groups is 1. The maximum atomic E-state index is 12.8. The highest BCUT2D eigenvalue weighted by atomic mass is 32.2. The normalized spacial score (nSPS) is 11.3. The molecule has 0 fully saturated rings. The summed E-state index contributed by atoms with van der Waals surface area (Å²) in [6.07, 6.45) is 4.92. The second-order valence-corrected chi connectivity index (χ2v) is 7.84. The second-order valence-electron chi connectivity index (χ2n) is 6.10. The van der Waals surface area contributed by atoms with E-state index in [0.717, 1.165) is 11.3 Å². The SMILES string of the molecule is COC(=O)c1ccc(OC)c(S(=O)(=O)NCc2cncc(-c3ccnn3C)c2)c1. The third kappa shape index (κ3) is 4.44. The van der Waals surface area contributed by atoms with Gasteiger partial charge in [0.2, 0.25) is 10.0 Å². The predicted molar refractivity (Wildman–Crippen MR) is 105 cm³/mol. The molecular formula is C19H20N4O5S. The van der Waals surface area contributed by atoms with Crippen molar-refractivity contribution in [3.8, 4) is 17.0 Å². The van der Waals surface area contributed by atoms with E-state index in [2.05, 4.69) is 19.5 Å². The molecule has 1 N–H and O–H groups in total. The molecule has 0 bridgehead atoms. The van der Waals surface area contributed by atoms with Crippen LogP contribution >= 0.6 is 0 Å². The quantitative estimate of drug-likeness (QED) is 0.584. The fraction of sp³-hybridized carbons (Fsp3) is 0.211. The molecule has 0 atom stereocenters. The first-order valence-electron chi connectivity index (χ1n) is 8.54. The molecule has 0 aliphatic carbocycles. The molecule has 0 radical (unpaired) electrons. The lowest BCUT2D eigenvalue weighted by Gasteiger charge is -2.12. The van der Waals surface area contributed by atoms with Crippen LogP contribution in [0.25, 0.3) is 11.3 Å². The number of aromatic nitrogens is 3. The first-order valence-corrected chi connectivity index (χ1v) is 10.0. The summed E-state index contributed by atoms with van der Waals surface area (Å²) in [6, 6.07) is 7.73. The first-order chi connectivity index (χ1) is 13.9. The van der Waals surface area contributed by atoms with Crippen LogP contribution in [0.3, 0.4) is 0 Å². The van der Waals surface area contributed by atoms with Crippen molar-refractivity contribution in [3.63, 3.8) is 0 Å². The van der Waals surface area contributed by atoms with Gasteiger partial charge in [-0.3, -0.25) is 9.67 Å². The van der Waals surface area contributed by atoms with Crippen molar-refractivity contribution in [1.82, 2.24) is 19.5 Å². The van der Waals surface area contributed by atoms with Gasteiger partial charge in [0.05, 0.1) is 25.5 Å². The number of rotatable bonds is 7. The van der Waals surface area contributed by atoms with Gasteiger partial charge in [-0.1, -0.05) is 0 Å². The number of ether oxygens (including phenoxy) is 2. The molecule has 0 aliphatic heterocycles. The van der Waals surface area contributed by atoms with Crippen LogP contribution in [-0.2, 0) is 28.4 Å². The van der Waals surface area contributed by atoms with Crippen molar-refractivity contribution < 1.29 is 22.7 Å². The summed E-state index contributed by atoms with van der Waals surface area (Å²) < 4.78 is 39.7. The molecule has 1 aromatic carbocycles. The van der Waals surface area contributed by atoms with Crippen molar-refractivity contribution >= 4 is 16.0 Å². The van der Waals surface area contributed by atoms with E-state index in [-0.39, 0.29) is 22.8 Å². The van der Waals surface area contributed by atoms with E-state index in [1.165, 1.54) is 32.4 Å². The molecule has 2 heterocycles. The number of sulfonamides is 1. The minimum Gasteiger partial charge on any atom is -0.495 e. The summed E-state index contributed by atoms with van der Waals surface area (Å²) in [5, 5.41) is 4.12. The van der Waals surface area contributed by atoms with E-state index >= 15 is 0 Å². The van der Waals surface area contributed by atoms with Gasteiger partial charge in [-0.15, -0.1) is 0 Å². The molecule has 0 spiro atoms. The Morgan fingerprint density at radius 2 is 1.97 bits per heavy atom. The largest absolute Gasteiger partial charge is 0.495 e. The highest BCUT2D eigenvalue weighted by Gasteiger charge is 2.22. The van der Waals surface area contributed by atoms with Crippen LogP contribution in [-0.4, -0.2) is 43.4 Å². The number of methoxy groups -OCH3 is 2. The highest BCUT2D eigenvalue weighted by Crippen LogP contribution is 2.25. The average molecular weight is 416 g/mol. The van der Waals surface area contributed by atoms with E-state index in [0.29, 0.717) is 5.56 Å². The van der Waals surface area contributed by atoms with Gasteiger partial charge in [0.15, 0.2) is 0 Å². The van der Waals surface area contributed by atoms with Gasteiger partial charge in [-0.2, -0.15) is 5.10 Å². The third-order valence-corrected chi connectivity index (χ3v) is 5.67. The maximum absolute atomic E-state index is 12.8. The van der Waals surface area contributed by atoms with E-state index in [1.807, 2.05) is 19.2 Å². The Bertz CT molecular complexity index is 1140. The second kappa shape index (κ2) is 8.41. The van der Waals surface area contributed by atoms with Crippen molar-refractivity contribution in [3.05, 3.63) is 60.0 Å². The topological polar surface area (TPSA) is 112 Å². The fourth-order valence-corrected chi connectivity index (χ4v) is 3.98. The molecule has 29 heavy (non-hydrogen) atoms. The Hall–Kier alpha value is -3.24. The fourth-order valence-electron chi connectivity index (χ4n) is 2.77. The van der Waals surface area contributed by atoms with Gasteiger partial charge in [-0.25, -0.2) is 17.9 Å². The Morgan fingerprint density at radius 1 is 1.17 bits per heavy atom. The van der Waals surface area contributed by atoms with E-state index in [9.17, 15) is 13.2 Å². The zero-order chi connectivity index (χ0) is 21.0. The standard InChI is InChI=1S/C19H20N4O5S/c1-23-16(6-7-21-23)15-8-13(10-20-12-15)11-22-29(25,26)18-9-14(19(24)28-3)4-5-17(18)27-2/h4-10,12,22H,11H2,1-3H3. The molecule has 0 amide bonds. The number of hydrogen-bond acceptors (Lipinski definition) is 7. The predicted octanol–water partition coefficient (Wildman–Crippen LogP) is 1.76. The summed E-state index contributed by atoms with van der Waals surface area (Å²) in [7, 11) is 0.420. The molecule has 0 unspecified atom stereocenters. The van der Waals surface area contributed by atoms with Crippen LogP contribution in [0.15, 0.2) is 53.8 Å². The van der Waals surface area contributed by atoms with Crippen LogP contribution < -0.4 is 9.46 Å². The number of esters is 1. The monoisotopic (exact) mass is 416 g/mol. The molecule has 9 nitrogen and oxygen atoms in total. The van der Waals surface area contributed by atoms with Gasteiger partial charge in [-0.05, 0) is 35.9 Å². The van der Waals surface area contributed by atoms with Crippen LogP contribution in [0.1, 0.15) is 15.9 Å². The molecular weight excluding hydrogens is 396 g/mol. The summed E-state index contributed by atoms with van der Waals surface area (Å²) in [5.41, 5.74) is 2.44. The van der Waals surface area contributed by atoms with Crippen LogP contribution in [0.4, 0.5) is 0 Å². The minimum atomic E-state index is -3.97. The molecule has 2 aromatic heterocycles. The number of aryl methyl sites for hydroxylation is 1. The lowest BCUT2D eigenvalue weighted by Crippen LogP contribution is -2.24. The van der Waals surface area contributed by atoms with Crippen LogP contribution in [0, 0.1) is 0 Å². The van der Waals surface area contributed by atoms with Crippen LogP contribution in [0.2, 0.25) is 0 Å². The van der Waals surface area contributed by atoms with Gasteiger partial charge in [0.25, 0.3) is 0 Å². The van der Waals surface area contributed by atoms with Crippen molar-refractivity contribution in [2.24, 2.45) is 7.05 Å². The summed E-state index contributed by atoms with van der Waals surface area (Å²) in [5.74, 6) is -0.524. The van der Waals surface area contributed by atoms with Crippen molar-refractivity contribution in [1.29, 1.82) is 0 Å². The van der Waals surface area contributed by atoms with Crippen molar-refractivity contribution in [2.75, 3.05) is 14.2 Å². The third-order valence-electron chi connectivity index (χ3n) is 4.25. The zero-order valence-corrected chi connectivity index (χ0v) is 16.9. The number of benzene rings is 1. The zero-order valence-electron chi connectivity index (χ0n) is 16.1. The van der Waals surface area contributed by atoms with Gasteiger partial charge < -0.3 is 9.47 Å². The van der Waals surface area contributed by atoms with Crippen molar-refractivity contribution in [2.45, 2.75) is 11.4 Å². The minimum absolute atomic E-state index is 0.00658. The molecule has 10 heteroatoms. The van der Waals surface area contributed by atoms with E-state index in [4.69, 9.17) is 4.74 Å². The Kier molecular flexibility index (Phi) is 5.95. The lowest BCUT2D eigenvalue weighted by molar-refractivity contribution is 0.0600. The number of pyridine rings is 1. The Morgan fingerprint density at radius 3 is 2.62 bits per heavy atom. The van der Waals surface area contributed by atoms with E-state index in [1.54, 1.807) is 23.3 Å². The molecule has 3 rings (SSSR count). The molecule has 0 aliphatic rings. The Balaban J connectivity index is 1.86. The molecule has 152 valence electrons. The summed E-state index contributed by atoms with van der Waals surface area (Å²) in [4.78, 5) is 15.8. The van der Waals surface area contributed by atoms with Gasteiger partial charge >= 0.3 is 5.97 Å². The molecule has 0 saturated heterocycles. The Labute approximate surface area is 168 Å². The number of carbonyl (C=O) groups excluding carboxylic acids is 1. The smallest absolute Gasteiger partial charge is 0.337 e. The summed E-state index contributed by atoms with van der Waals surface area (Å²) >= 11 is 0. The average Bonchev–Trinajstić information content (AvgIpc) is 3.17. The molecule has 3 aromatic rings. The van der Waals surface area contributed by atoms with E-state index < -0.39 is 16.0 Å². The maximum Gasteiger partial charge on any atom is 0.337 e. The number of nitrogens with zero attached hydrogens (tertiary/aromatic N) is 3.